The van der Waals surface area contributed by atoms with Gasteiger partial charge in [-0.1, -0.05) is 0 Å². The fourth-order valence-electron chi connectivity index (χ4n) is 0. The zero-order chi connectivity index (χ0) is 3.58. The van der Waals surface area contributed by atoms with Crippen LogP contribution >= 0.6 is 0 Å². The van der Waals surface area contributed by atoms with Crippen molar-refractivity contribution < 1.29 is 43.0 Å². The third-order valence-corrected chi connectivity index (χ3v) is 0. The van der Waals surface area contributed by atoms with Crippen molar-refractivity contribution >= 4 is 6.16 Å². The van der Waals surface area contributed by atoms with Crippen LogP contribution in [0.2, 0.25) is 0 Å². The molecule has 7 heavy (non-hydrogen) atoms. The molecule has 0 aromatic rings. The maximum atomic E-state index is 8.33. The molecule has 0 saturated carbocycles. The Balaban J connectivity index is -0.0000000150. The topological polar surface area (TPSA) is 126 Å². The minimum atomic E-state index is -2.33. The molecule has 0 rings (SSSR count). The Kier molecular flexibility index (Phi) is 73.4. The molecule has 49 valence electrons. The molecule has 0 atom stereocenters. The molecule has 6 heteroatoms. The number of rotatable bonds is 0. The summed E-state index contributed by atoms with van der Waals surface area (Å²) in [6.45, 7) is 0. The van der Waals surface area contributed by atoms with Crippen LogP contribution in [0.3, 0.4) is 0 Å². The van der Waals surface area contributed by atoms with Gasteiger partial charge in [0.2, 0.25) is 0 Å². The zero-order valence-corrected chi connectivity index (χ0v) is 3.97. The van der Waals surface area contributed by atoms with E-state index in [9.17, 15) is 0 Å². The Hall–Kier alpha value is -0.291. The van der Waals surface area contributed by atoms with Crippen LogP contribution in [0.1, 0.15) is 0 Å². The molecule has 0 spiro atoms. The molecule has 0 aromatic carbocycles. The molecule has 4 N–H and O–H groups in total. The van der Waals surface area contributed by atoms with Gasteiger partial charge in [-0.3, -0.25) is 0 Å². The third kappa shape index (κ3) is 931. The van der Waals surface area contributed by atoms with Crippen LogP contribution < -0.4 is 10.2 Å². The molecular weight excluding hydrogens is 156 g/mol. The van der Waals surface area contributed by atoms with Crippen LogP contribution in [0.25, 0.3) is 0 Å². The molecular formula is CH4CuO5. The van der Waals surface area contributed by atoms with Gasteiger partial charge in [-0.2, -0.15) is 0 Å². The van der Waals surface area contributed by atoms with Crippen LogP contribution in [0.4, 0.5) is 4.79 Å². The Labute approximate surface area is 50.0 Å². The molecule has 0 aliphatic heterocycles. The second-order valence-corrected chi connectivity index (χ2v) is 0.250. The predicted molar refractivity (Wildman–Crippen MR) is 12.6 cm³/mol. The first-order chi connectivity index (χ1) is 1.73. The summed E-state index contributed by atoms with van der Waals surface area (Å²) < 4.78 is 0. The second-order valence-electron chi connectivity index (χ2n) is 0.250. The average molecular weight is 160 g/mol. The Morgan fingerprint density at radius 3 is 1.14 bits per heavy atom. The van der Waals surface area contributed by atoms with E-state index in [1.165, 1.54) is 0 Å². The van der Waals surface area contributed by atoms with Crippen molar-refractivity contribution in [3.63, 3.8) is 0 Å². The van der Waals surface area contributed by atoms with Crippen molar-refractivity contribution in [3.05, 3.63) is 0 Å². The first-order valence-electron chi connectivity index (χ1n) is 0.612. The van der Waals surface area contributed by atoms with E-state index in [0.29, 0.717) is 0 Å². The van der Waals surface area contributed by atoms with Gasteiger partial charge in [0.05, 0.1) is 0 Å². The number of hydrogen-bond acceptors (Lipinski definition) is 3. The van der Waals surface area contributed by atoms with Crippen LogP contribution in [0.5, 0.6) is 0 Å². The second kappa shape index (κ2) is 17.2. The van der Waals surface area contributed by atoms with Gasteiger partial charge in [-0.15, -0.1) is 0 Å². The first kappa shape index (κ1) is 29.8. The van der Waals surface area contributed by atoms with Gasteiger partial charge in [0, 0.05) is 0 Å². The number of carbonyl (C=O) groups excluding carboxylic acids is 1. The predicted octanol–water partition coefficient (Wildman–Crippen LogP) is -4.10. The SMILES string of the molecule is O.O.O=C([O-])[O-].[Cu+2]. The van der Waals surface area contributed by atoms with E-state index in [0.717, 1.165) is 0 Å². The van der Waals surface area contributed by atoms with Crippen molar-refractivity contribution in [2.24, 2.45) is 0 Å². The van der Waals surface area contributed by atoms with Crippen LogP contribution in [0.15, 0.2) is 0 Å². The van der Waals surface area contributed by atoms with Gasteiger partial charge >= 0.3 is 17.1 Å². The number of carbonyl (C=O) groups is 1. The summed E-state index contributed by atoms with van der Waals surface area (Å²) in [4.78, 5) is 8.33. The van der Waals surface area contributed by atoms with Crippen molar-refractivity contribution in [2.45, 2.75) is 0 Å². The maximum absolute atomic E-state index is 8.33. The van der Waals surface area contributed by atoms with E-state index in [1.54, 1.807) is 0 Å². The fourth-order valence-corrected chi connectivity index (χ4v) is 0. The quantitative estimate of drug-likeness (QED) is 0.333. The Morgan fingerprint density at radius 1 is 1.14 bits per heavy atom. The molecule has 0 amide bonds. The minimum absolute atomic E-state index is 0. The van der Waals surface area contributed by atoms with E-state index in [2.05, 4.69) is 0 Å². The number of carboxylic acid groups (broad SMARTS) is 2. The maximum Gasteiger partial charge on any atom is 2.00 e. The van der Waals surface area contributed by atoms with E-state index in [1.807, 2.05) is 0 Å². The van der Waals surface area contributed by atoms with Gasteiger partial charge in [0.1, 0.15) is 0 Å². The summed E-state index contributed by atoms with van der Waals surface area (Å²) >= 11 is 0. The van der Waals surface area contributed by atoms with Gasteiger partial charge in [0.25, 0.3) is 0 Å². The fraction of sp³-hybridized carbons (Fsp3) is 0. The molecule has 0 aliphatic rings. The normalized spacial score (nSPS) is 3.43. The van der Waals surface area contributed by atoms with E-state index in [4.69, 9.17) is 15.0 Å². The molecule has 1 radical (unpaired) electrons. The molecule has 0 fully saturated rings. The van der Waals surface area contributed by atoms with Crippen molar-refractivity contribution in [1.29, 1.82) is 0 Å². The van der Waals surface area contributed by atoms with Crippen LogP contribution in [0, 0.1) is 0 Å². The van der Waals surface area contributed by atoms with Gasteiger partial charge in [-0.05, 0) is 6.16 Å². The minimum Gasteiger partial charge on any atom is -0.652 e. The van der Waals surface area contributed by atoms with Crippen molar-refractivity contribution in [1.82, 2.24) is 0 Å². The van der Waals surface area contributed by atoms with Crippen LogP contribution in [-0.2, 0) is 17.1 Å². The monoisotopic (exact) mass is 159 g/mol. The molecule has 0 bridgehead atoms. The molecule has 0 saturated heterocycles. The largest absolute Gasteiger partial charge is 2.00 e. The number of hydrogen-bond donors (Lipinski definition) is 0. The van der Waals surface area contributed by atoms with E-state index < -0.39 is 6.16 Å². The smallest absolute Gasteiger partial charge is 0.652 e. The summed E-state index contributed by atoms with van der Waals surface area (Å²) in [5, 5.41) is 16.7. The van der Waals surface area contributed by atoms with Gasteiger partial charge in [0.15, 0.2) is 0 Å². The molecule has 0 aromatic heterocycles. The Bertz CT molecular complexity index is 31.1. The summed E-state index contributed by atoms with van der Waals surface area (Å²) in [5.74, 6) is 0. The third-order valence-electron chi connectivity index (χ3n) is 0. The van der Waals surface area contributed by atoms with E-state index >= 15 is 0 Å². The summed E-state index contributed by atoms with van der Waals surface area (Å²) in [6.07, 6.45) is -2.33. The molecule has 0 heterocycles. The molecule has 5 nitrogen and oxygen atoms in total. The standard InChI is InChI=1S/CH2O3.Cu.2H2O/c2-1(3)4;;;/h(H2,2,3,4);;2*1H2/q;+2;;/p-2. The molecule has 0 aliphatic carbocycles. The summed E-state index contributed by atoms with van der Waals surface area (Å²) in [7, 11) is 0. The van der Waals surface area contributed by atoms with Crippen LogP contribution in [-0.4, -0.2) is 17.1 Å². The first-order valence-corrected chi connectivity index (χ1v) is 0.612. The average Bonchev–Trinajstić information content (AvgIpc) is 0.811. The zero-order valence-electron chi connectivity index (χ0n) is 3.03. The van der Waals surface area contributed by atoms with Crippen molar-refractivity contribution in [3.8, 4) is 0 Å². The molecule has 0 unspecified atom stereocenters. The summed E-state index contributed by atoms with van der Waals surface area (Å²) in [5.41, 5.74) is 0. The van der Waals surface area contributed by atoms with Gasteiger partial charge in [-0.25, -0.2) is 0 Å². The van der Waals surface area contributed by atoms with Gasteiger partial charge < -0.3 is 26.0 Å². The summed E-state index contributed by atoms with van der Waals surface area (Å²) in [6, 6.07) is 0. The Morgan fingerprint density at radius 2 is 1.14 bits per heavy atom. The van der Waals surface area contributed by atoms with E-state index in [-0.39, 0.29) is 28.0 Å². The van der Waals surface area contributed by atoms with Crippen molar-refractivity contribution in [2.75, 3.05) is 0 Å².